The van der Waals surface area contributed by atoms with Crippen molar-refractivity contribution in [2.24, 2.45) is 5.92 Å². The second-order valence-electron chi connectivity index (χ2n) is 4.90. The zero-order valence-electron chi connectivity index (χ0n) is 10.9. The summed E-state index contributed by atoms with van der Waals surface area (Å²) in [7, 11) is 3.41. The molecule has 1 aliphatic carbocycles. The number of benzene rings is 1. The molecule has 0 spiro atoms. The van der Waals surface area contributed by atoms with Crippen molar-refractivity contribution in [1.82, 2.24) is 4.90 Å². The van der Waals surface area contributed by atoms with Gasteiger partial charge < -0.3 is 10.2 Å². The molecule has 2 rings (SSSR count). The van der Waals surface area contributed by atoms with E-state index in [9.17, 15) is 9.18 Å². The molecule has 1 aliphatic rings. The standard InChI is InChI=1S/C14H19FN2O/c1-16-13-11(7-4-8-12(13)15)14(18)17(2)9-10-5-3-6-10/h4,7-8,10,16H,3,5-6,9H2,1-2H3. The van der Waals surface area contributed by atoms with Crippen molar-refractivity contribution in [3.8, 4) is 0 Å². The van der Waals surface area contributed by atoms with Gasteiger partial charge in [0.15, 0.2) is 0 Å². The quantitative estimate of drug-likeness (QED) is 0.891. The normalized spacial score (nSPS) is 15.1. The Bertz CT molecular complexity index is 443. The molecule has 0 radical (unpaired) electrons. The van der Waals surface area contributed by atoms with Crippen LogP contribution in [0.25, 0.3) is 0 Å². The summed E-state index contributed by atoms with van der Waals surface area (Å²) in [5, 5.41) is 2.76. The van der Waals surface area contributed by atoms with E-state index >= 15 is 0 Å². The largest absolute Gasteiger partial charge is 0.385 e. The van der Waals surface area contributed by atoms with Crippen LogP contribution in [0.2, 0.25) is 0 Å². The Morgan fingerprint density at radius 2 is 2.22 bits per heavy atom. The van der Waals surface area contributed by atoms with Gasteiger partial charge in [0.25, 0.3) is 5.91 Å². The molecule has 1 aromatic rings. The summed E-state index contributed by atoms with van der Waals surface area (Å²) in [6.07, 6.45) is 3.65. The zero-order chi connectivity index (χ0) is 13.1. The maximum Gasteiger partial charge on any atom is 0.255 e. The van der Waals surface area contributed by atoms with Gasteiger partial charge in [0.2, 0.25) is 0 Å². The lowest BCUT2D eigenvalue weighted by Gasteiger charge is -2.30. The number of hydrogen-bond acceptors (Lipinski definition) is 2. The summed E-state index contributed by atoms with van der Waals surface area (Å²) in [4.78, 5) is 14.0. The molecule has 0 saturated heterocycles. The number of halogens is 1. The number of nitrogens with one attached hydrogen (secondary N) is 1. The lowest BCUT2D eigenvalue weighted by molar-refractivity contribution is 0.0746. The van der Waals surface area contributed by atoms with Crippen molar-refractivity contribution in [1.29, 1.82) is 0 Å². The van der Waals surface area contributed by atoms with Crippen LogP contribution in [0.15, 0.2) is 18.2 Å². The summed E-state index contributed by atoms with van der Waals surface area (Å²) >= 11 is 0. The average molecular weight is 250 g/mol. The van der Waals surface area contributed by atoms with Crippen LogP contribution in [0.3, 0.4) is 0 Å². The van der Waals surface area contributed by atoms with E-state index in [0.717, 1.165) is 6.54 Å². The van der Waals surface area contributed by atoms with Gasteiger partial charge >= 0.3 is 0 Å². The highest BCUT2D eigenvalue weighted by Gasteiger charge is 2.23. The zero-order valence-corrected chi connectivity index (χ0v) is 10.9. The van der Waals surface area contributed by atoms with E-state index in [1.54, 1.807) is 31.1 Å². The molecule has 0 aromatic heterocycles. The molecule has 1 N–H and O–H groups in total. The van der Waals surface area contributed by atoms with Crippen molar-refractivity contribution < 1.29 is 9.18 Å². The molecule has 1 saturated carbocycles. The molecule has 98 valence electrons. The minimum absolute atomic E-state index is 0.120. The van der Waals surface area contributed by atoms with Gasteiger partial charge in [-0.05, 0) is 30.9 Å². The fourth-order valence-corrected chi connectivity index (χ4v) is 2.31. The van der Waals surface area contributed by atoms with E-state index in [-0.39, 0.29) is 17.4 Å². The number of nitrogens with zero attached hydrogens (tertiary/aromatic N) is 1. The third-order valence-corrected chi connectivity index (χ3v) is 3.60. The Kier molecular flexibility index (Phi) is 3.84. The van der Waals surface area contributed by atoms with Crippen molar-refractivity contribution >= 4 is 11.6 Å². The molecule has 0 aliphatic heterocycles. The van der Waals surface area contributed by atoms with Gasteiger partial charge in [-0.15, -0.1) is 0 Å². The minimum Gasteiger partial charge on any atom is -0.385 e. The molecule has 4 heteroatoms. The van der Waals surface area contributed by atoms with Gasteiger partial charge in [-0.1, -0.05) is 12.5 Å². The SMILES string of the molecule is CNc1c(F)cccc1C(=O)N(C)CC1CCC1. The van der Waals surface area contributed by atoms with Gasteiger partial charge in [0, 0.05) is 20.6 Å². The predicted molar refractivity (Wildman–Crippen MR) is 70.2 cm³/mol. The van der Waals surface area contributed by atoms with E-state index in [1.165, 1.54) is 25.3 Å². The third-order valence-electron chi connectivity index (χ3n) is 3.60. The van der Waals surface area contributed by atoms with E-state index in [0.29, 0.717) is 11.5 Å². The van der Waals surface area contributed by atoms with Crippen molar-refractivity contribution in [2.75, 3.05) is 26.0 Å². The first-order valence-corrected chi connectivity index (χ1v) is 6.35. The number of para-hydroxylation sites is 1. The molecule has 3 nitrogen and oxygen atoms in total. The van der Waals surface area contributed by atoms with Gasteiger partial charge in [0.05, 0.1) is 11.3 Å². The number of anilines is 1. The van der Waals surface area contributed by atoms with Crippen LogP contribution in [0.4, 0.5) is 10.1 Å². The van der Waals surface area contributed by atoms with Gasteiger partial charge in [0.1, 0.15) is 5.82 Å². The van der Waals surface area contributed by atoms with Crippen LogP contribution in [0, 0.1) is 11.7 Å². The number of hydrogen-bond donors (Lipinski definition) is 1. The molecule has 0 unspecified atom stereocenters. The topological polar surface area (TPSA) is 32.3 Å². The van der Waals surface area contributed by atoms with Crippen molar-refractivity contribution in [3.05, 3.63) is 29.6 Å². The molecule has 1 amide bonds. The maximum absolute atomic E-state index is 13.6. The summed E-state index contributed by atoms with van der Waals surface area (Å²) in [6.45, 7) is 0.762. The van der Waals surface area contributed by atoms with Gasteiger partial charge in [-0.3, -0.25) is 4.79 Å². The van der Waals surface area contributed by atoms with Crippen LogP contribution in [-0.4, -0.2) is 31.4 Å². The molecular formula is C14H19FN2O. The fourth-order valence-electron chi connectivity index (χ4n) is 2.31. The van der Waals surface area contributed by atoms with E-state index in [2.05, 4.69) is 5.32 Å². The first-order valence-electron chi connectivity index (χ1n) is 6.35. The predicted octanol–water partition coefficient (Wildman–Crippen LogP) is 2.74. The first-order chi connectivity index (χ1) is 8.63. The summed E-state index contributed by atoms with van der Waals surface area (Å²) in [5.74, 6) is 0.108. The molecule has 0 atom stereocenters. The smallest absolute Gasteiger partial charge is 0.255 e. The van der Waals surface area contributed by atoms with E-state index in [1.807, 2.05) is 0 Å². The Morgan fingerprint density at radius 1 is 1.50 bits per heavy atom. The van der Waals surface area contributed by atoms with E-state index in [4.69, 9.17) is 0 Å². The maximum atomic E-state index is 13.6. The van der Waals surface area contributed by atoms with Crippen LogP contribution in [-0.2, 0) is 0 Å². The van der Waals surface area contributed by atoms with Crippen molar-refractivity contribution in [3.63, 3.8) is 0 Å². The highest BCUT2D eigenvalue weighted by atomic mass is 19.1. The Labute approximate surface area is 107 Å². The van der Waals surface area contributed by atoms with E-state index < -0.39 is 0 Å². The van der Waals surface area contributed by atoms with Gasteiger partial charge in [-0.2, -0.15) is 0 Å². The van der Waals surface area contributed by atoms with Crippen LogP contribution < -0.4 is 5.32 Å². The highest BCUT2D eigenvalue weighted by Crippen LogP contribution is 2.28. The average Bonchev–Trinajstić information content (AvgIpc) is 2.32. The number of rotatable bonds is 4. The number of carbonyl (C=O) groups excluding carboxylic acids is 1. The van der Waals surface area contributed by atoms with Crippen LogP contribution in [0.5, 0.6) is 0 Å². The lowest BCUT2D eigenvalue weighted by Crippen LogP contribution is -2.34. The lowest BCUT2D eigenvalue weighted by atomic mass is 9.85. The first kappa shape index (κ1) is 12.9. The summed E-state index contributed by atoms with van der Waals surface area (Å²) in [6, 6.07) is 4.59. The summed E-state index contributed by atoms with van der Waals surface area (Å²) in [5.41, 5.74) is 0.683. The Balaban J connectivity index is 2.14. The third kappa shape index (κ3) is 2.47. The molecular weight excluding hydrogens is 231 g/mol. The summed E-state index contributed by atoms with van der Waals surface area (Å²) < 4.78 is 13.6. The fraction of sp³-hybridized carbons (Fsp3) is 0.500. The number of amides is 1. The Hall–Kier alpha value is -1.58. The number of carbonyl (C=O) groups is 1. The monoisotopic (exact) mass is 250 g/mol. The molecule has 1 aromatic carbocycles. The van der Waals surface area contributed by atoms with Crippen LogP contribution in [0.1, 0.15) is 29.6 Å². The molecule has 1 fully saturated rings. The van der Waals surface area contributed by atoms with Crippen LogP contribution >= 0.6 is 0 Å². The molecule has 0 bridgehead atoms. The van der Waals surface area contributed by atoms with Gasteiger partial charge in [-0.25, -0.2) is 4.39 Å². The second-order valence-corrected chi connectivity index (χ2v) is 4.90. The highest BCUT2D eigenvalue weighted by molar-refractivity contribution is 5.99. The Morgan fingerprint density at radius 3 is 2.78 bits per heavy atom. The minimum atomic E-state index is -0.389. The second kappa shape index (κ2) is 5.38. The van der Waals surface area contributed by atoms with Crippen molar-refractivity contribution in [2.45, 2.75) is 19.3 Å². The molecule has 0 heterocycles. The molecule has 18 heavy (non-hydrogen) atoms.